The molecule has 1 N–H and O–H groups in total. The molecule has 2 aromatic rings. The number of ether oxygens (including phenoxy) is 2. The molecule has 0 bridgehead atoms. The number of carbonyl (C=O) groups is 1. The Morgan fingerprint density at radius 3 is 1.82 bits per heavy atom. The number of hydrogen-bond acceptors (Lipinski definition) is 5. The highest BCUT2D eigenvalue weighted by Crippen LogP contribution is 2.37. The number of Topliss-reactive ketones (excluding diaryl/α,β-unsaturated/α-hetero) is 1. The van der Waals surface area contributed by atoms with E-state index in [4.69, 9.17) is 13.9 Å². The molecular formula is C27H40O5Si. The zero-order valence-electron chi connectivity index (χ0n) is 20.8. The average molecular weight is 473 g/mol. The minimum absolute atomic E-state index is 0.0263. The van der Waals surface area contributed by atoms with Gasteiger partial charge in [0.05, 0.1) is 38.6 Å². The third kappa shape index (κ3) is 10.3. The predicted molar refractivity (Wildman–Crippen MR) is 135 cm³/mol. The standard InChI is InChI=1S/C27H40O5Si/c1-27(2,3)33(4,5)32-26(21-31-19-23-14-10-7-11-15-23)17-24(28)16-25(29)20-30-18-22-12-8-6-9-13-22/h6-15,25-26,29H,16-21H2,1-5H3/t25-,26-/m0/s1. The summed E-state index contributed by atoms with van der Waals surface area (Å²) in [6.07, 6.45) is -0.901. The van der Waals surface area contributed by atoms with Gasteiger partial charge < -0.3 is 19.0 Å². The molecule has 182 valence electrons. The smallest absolute Gasteiger partial charge is 0.192 e. The number of ketones is 1. The van der Waals surface area contributed by atoms with E-state index in [9.17, 15) is 9.90 Å². The highest BCUT2D eigenvalue weighted by Gasteiger charge is 2.39. The summed E-state index contributed by atoms with van der Waals surface area (Å²) in [5.74, 6) is -0.0437. The van der Waals surface area contributed by atoms with E-state index in [1.807, 2.05) is 60.7 Å². The van der Waals surface area contributed by atoms with Crippen molar-refractivity contribution in [1.29, 1.82) is 0 Å². The van der Waals surface area contributed by atoms with Crippen LogP contribution in [0.25, 0.3) is 0 Å². The molecule has 0 aliphatic rings. The van der Waals surface area contributed by atoms with Crippen molar-refractivity contribution in [2.75, 3.05) is 13.2 Å². The number of aliphatic hydroxyl groups excluding tert-OH is 1. The van der Waals surface area contributed by atoms with Gasteiger partial charge in [-0.1, -0.05) is 81.4 Å². The molecule has 0 aromatic heterocycles. The fraction of sp³-hybridized carbons (Fsp3) is 0.519. The van der Waals surface area contributed by atoms with Crippen molar-refractivity contribution < 1.29 is 23.8 Å². The lowest BCUT2D eigenvalue weighted by Gasteiger charge is -2.39. The number of aliphatic hydroxyl groups is 1. The van der Waals surface area contributed by atoms with Crippen LogP contribution in [-0.2, 0) is 31.9 Å². The highest BCUT2D eigenvalue weighted by molar-refractivity contribution is 6.74. The Kier molecular flexibility index (Phi) is 10.9. The van der Waals surface area contributed by atoms with Crippen LogP contribution < -0.4 is 0 Å². The Balaban J connectivity index is 1.86. The molecule has 0 fully saturated rings. The van der Waals surface area contributed by atoms with Crippen molar-refractivity contribution in [2.45, 2.75) is 77.2 Å². The molecule has 0 spiro atoms. The first-order valence-electron chi connectivity index (χ1n) is 11.7. The SMILES string of the molecule is CC(C)(C)[Si](C)(C)O[C@H](COCc1ccccc1)CC(=O)C[C@H](O)COCc1ccccc1. The Morgan fingerprint density at radius 2 is 1.33 bits per heavy atom. The fourth-order valence-corrected chi connectivity index (χ4v) is 4.49. The van der Waals surface area contributed by atoms with Crippen molar-refractivity contribution in [3.05, 3.63) is 71.8 Å². The van der Waals surface area contributed by atoms with E-state index in [1.165, 1.54) is 0 Å². The van der Waals surface area contributed by atoms with Gasteiger partial charge in [-0.3, -0.25) is 4.79 Å². The minimum Gasteiger partial charge on any atom is -0.411 e. The molecule has 0 radical (unpaired) electrons. The first-order valence-corrected chi connectivity index (χ1v) is 14.6. The second-order valence-electron chi connectivity index (χ2n) is 10.1. The number of benzene rings is 2. The Hall–Kier alpha value is -1.83. The van der Waals surface area contributed by atoms with Crippen LogP contribution >= 0.6 is 0 Å². The van der Waals surface area contributed by atoms with E-state index < -0.39 is 14.4 Å². The summed E-state index contributed by atoms with van der Waals surface area (Å²) in [5.41, 5.74) is 2.12. The second-order valence-corrected chi connectivity index (χ2v) is 14.9. The van der Waals surface area contributed by atoms with Gasteiger partial charge >= 0.3 is 0 Å². The topological polar surface area (TPSA) is 65.0 Å². The number of carbonyl (C=O) groups excluding carboxylic acids is 1. The van der Waals surface area contributed by atoms with Crippen molar-refractivity contribution in [3.8, 4) is 0 Å². The highest BCUT2D eigenvalue weighted by atomic mass is 28.4. The molecule has 33 heavy (non-hydrogen) atoms. The summed E-state index contributed by atoms with van der Waals surface area (Å²) >= 11 is 0. The summed E-state index contributed by atoms with van der Waals surface area (Å²) in [5, 5.41) is 10.3. The molecule has 2 aromatic carbocycles. The van der Waals surface area contributed by atoms with Gasteiger partial charge in [-0.05, 0) is 29.3 Å². The van der Waals surface area contributed by atoms with E-state index in [-0.39, 0.29) is 36.4 Å². The van der Waals surface area contributed by atoms with Crippen molar-refractivity contribution in [1.82, 2.24) is 0 Å². The number of rotatable bonds is 14. The van der Waals surface area contributed by atoms with E-state index in [2.05, 4.69) is 33.9 Å². The largest absolute Gasteiger partial charge is 0.411 e. The van der Waals surface area contributed by atoms with E-state index in [0.717, 1.165) is 11.1 Å². The molecule has 2 atom stereocenters. The summed E-state index contributed by atoms with van der Waals surface area (Å²) in [4.78, 5) is 12.7. The van der Waals surface area contributed by atoms with E-state index in [1.54, 1.807) is 0 Å². The van der Waals surface area contributed by atoms with Gasteiger partial charge in [0.15, 0.2) is 8.32 Å². The normalized spacial score (nSPS) is 14.1. The number of hydrogen-bond donors (Lipinski definition) is 1. The average Bonchev–Trinajstić information content (AvgIpc) is 2.74. The third-order valence-corrected chi connectivity index (χ3v) is 10.6. The molecule has 0 saturated heterocycles. The summed E-state index contributed by atoms with van der Waals surface area (Å²) in [6.45, 7) is 12.2. The van der Waals surface area contributed by atoms with Crippen molar-refractivity contribution in [2.24, 2.45) is 0 Å². The first kappa shape index (κ1) is 27.4. The predicted octanol–water partition coefficient (Wildman–Crippen LogP) is 5.52. The molecule has 0 amide bonds. The zero-order valence-corrected chi connectivity index (χ0v) is 21.8. The molecule has 0 saturated carbocycles. The lowest BCUT2D eigenvalue weighted by Crippen LogP contribution is -2.45. The Morgan fingerprint density at radius 1 is 0.848 bits per heavy atom. The molecule has 6 heteroatoms. The van der Waals surface area contributed by atoms with Crippen LogP contribution in [0.5, 0.6) is 0 Å². The maximum Gasteiger partial charge on any atom is 0.192 e. The Bertz CT molecular complexity index is 817. The van der Waals surface area contributed by atoms with Crippen LogP contribution in [0.2, 0.25) is 18.1 Å². The van der Waals surface area contributed by atoms with Gasteiger partial charge in [0.2, 0.25) is 0 Å². The zero-order chi connectivity index (χ0) is 24.3. The van der Waals surface area contributed by atoms with Gasteiger partial charge in [-0.2, -0.15) is 0 Å². The maximum atomic E-state index is 12.7. The monoisotopic (exact) mass is 472 g/mol. The lowest BCUT2D eigenvalue weighted by molar-refractivity contribution is -0.124. The van der Waals surface area contributed by atoms with Crippen LogP contribution in [0.1, 0.15) is 44.7 Å². The van der Waals surface area contributed by atoms with Crippen molar-refractivity contribution in [3.63, 3.8) is 0 Å². The lowest BCUT2D eigenvalue weighted by atomic mass is 10.1. The quantitative estimate of drug-likeness (QED) is 0.367. The van der Waals surface area contributed by atoms with Gasteiger partial charge in [-0.25, -0.2) is 0 Å². The first-order chi connectivity index (χ1) is 15.6. The molecule has 5 nitrogen and oxygen atoms in total. The molecule has 0 aliphatic carbocycles. The summed E-state index contributed by atoms with van der Waals surface area (Å²) < 4.78 is 18.0. The van der Waals surface area contributed by atoms with Gasteiger partial charge in [0.1, 0.15) is 5.78 Å². The summed E-state index contributed by atoms with van der Waals surface area (Å²) in [7, 11) is -2.08. The van der Waals surface area contributed by atoms with Gasteiger partial charge in [0, 0.05) is 12.8 Å². The second kappa shape index (κ2) is 13.2. The molecular weight excluding hydrogens is 432 g/mol. The minimum atomic E-state index is -2.08. The maximum absolute atomic E-state index is 12.7. The van der Waals surface area contributed by atoms with Gasteiger partial charge in [-0.15, -0.1) is 0 Å². The van der Waals surface area contributed by atoms with E-state index in [0.29, 0.717) is 19.8 Å². The fourth-order valence-electron chi connectivity index (χ4n) is 3.16. The van der Waals surface area contributed by atoms with Crippen LogP contribution in [0.3, 0.4) is 0 Å². The van der Waals surface area contributed by atoms with Crippen LogP contribution in [0.15, 0.2) is 60.7 Å². The van der Waals surface area contributed by atoms with Gasteiger partial charge in [0.25, 0.3) is 0 Å². The van der Waals surface area contributed by atoms with Crippen LogP contribution in [0, 0.1) is 0 Å². The van der Waals surface area contributed by atoms with Crippen LogP contribution in [-0.4, -0.2) is 44.6 Å². The molecule has 0 aliphatic heterocycles. The third-order valence-electron chi connectivity index (χ3n) is 6.02. The van der Waals surface area contributed by atoms with Crippen molar-refractivity contribution >= 4 is 14.1 Å². The summed E-state index contributed by atoms with van der Waals surface area (Å²) in [6, 6.07) is 19.7. The molecule has 0 unspecified atom stereocenters. The molecule has 0 heterocycles. The molecule has 2 rings (SSSR count). The van der Waals surface area contributed by atoms with E-state index >= 15 is 0 Å². The Labute approximate surface area is 200 Å². The van der Waals surface area contributed by atoms with Crippen LogP contribution in [0.4, 0.5) is 0 Å².